The van der Waals surface area contributed by atoms with E-state index >= 15 is 0 Å². The average Bonchev–Trinajstić information content (AvgIpc) is 3.00. The smallest absolute Gasteiger partial charge is 0.228 e. The van der Waals surface area contributed by atoms with Crippen LogP contribution in [0.4, 0.5) is 10.1 Å². The van der Waals surface area contributed by atoms with Gasteiger partial charge in [0, 0.05) is 21.8 Å². The number of aromatic nitrogens is 2. The largest absolute Gasteiger partial charge is 0.323 e. The van der Waals surface area contributed by atoms with Crippen LogP contribution in [0.1, 0.15) is 11.1 Å². The first-order chi connectivity index (χ1) is 12.0. The van der Waals surface area contributed by atoms with Crippen LogP contribution in [0, 0.1) is 5.82 Å². The molecule has 0 fully saturated rings. The van der Waals surface area contributed by atoms with E-state index in [1.807, 2.05) is 0 Å². The summed E-state index contributed by atoms with van der Waals surface area (Å²) in [5.41, 5.74) is 1.74. The Morgan fingerprint density at radius 3 is 2.64 bits per heavy atom. The molecule has 2 aromatic carbocycles. The van der Waals surface area contributed by atoms with E-state index < -0.39 is 5.82 Å². The first-order valence-corrected chi connectivity index (χ1v) is 8.26. The van der Waals surface area contributed by atoms with Crippen molar-refractivity contribution in [2.75, 3.05) is 5.32 Å². The Morgan fingerprint density at radius 1 is 1.16 bits per heavy atom. The van der Waals surface area contributed by atoms with E-state index in [0.717, 1.165) is 5.56 Å². The number of anilines is 1. The number of rotatable bonds is 5. The van der Waals surface area contributed by atoms with Gasteiger partial charge in [0.25, 0.3) is 0 Å². The van der Waals surface area contributed by atoms with E-state index in [-0.39, 0.29) is 18.9 Å². The predicted octanol–water partition coefficient (Wildman–Crippen LogP) is 4.56. The lowest BCUT2D eigenvalue weighted by Gasteiger charge is -2.06. The highest BCUT2D eigenvalue weighted by Crippen LogP contribution is 2.20. The van der Waals surface area contributed by atoms with Crippen molar-refractivity contribution in [2.24, 2.45) is 0 Å². The maximum Gasteiger partial charge on any atom is 0.228 e. The highest BCUT2D eigenvalue weighted by atomic mass is 35.5. The zero-order valence-electron chi connectivity index (χ0n) is 13.0. The van der Waals surface area contributed by atoms with Crippen LogP contribution < -0.4 is 5.32 Å². The molecular weight excluding hydrogens is 364 g/mol. The van der Waals surface area contributed by atoms with Gasteiger partial charge in [-0.25, -0.2) is 4.39 Å². The van der Waals surface area contributed by atoms with Gasteiger partial charge in [0.15, 0.2) is 0 Å². The average molecular weight is 378 g/mol. The summed E-state index contributed by atoms with van der Waals surface area (Å²) in [7, 11) is 0. The summed E-state index contributed by atoms with van der Waals surface area (Å²) in [6, 6.07) is 11.6. The Morgan fingerprint density at radius 2 is 1.92 bits per heavy atom. The molecule has 0 aliphatic rings. The van der Waals surface area contributed by atoms with Crippen molar-refractivity contribution in [1.82, 2.24) is 9.78 Å². The Hall–Kier alpha value is -2.37. The van der Waals surface area contributed by atoms with Gasteiger partial charge in [-0.15, -0.1) is 0 Å². The second-order valence-electron chi connectivity index (χ2n) is 5.48. The quantitative estimate of drug-likeness (QED) is 0.708. The summed E-state index contributed by atoms with van der Waals surface area (Å²) in [4.78, 5) is 12.1. The zero-order chi connectivity index (χ0) is 17.8. The van der Waals surface area contributed by atoms with Crippen LogP contribution in [0.3, 0.4) is 0 Å². The van der Waals surface area contributed by atoms with Crippen molar-refractivity contribution in [3.63, 3.8) is 0 Å². The lowest BCUT2D eigenvalue weighted by Crippen LogP contribution is -2.14. The number of nitrogens with zero attached hydrogens (tertiary/aromatic N) is 2. The molecule has 1 aromatic heterocycles. The monoisotopic (exact) mass is 377 g/mol. The molecule has 3 aromatic rings. The van der Waals surface area contributed by atoms with Gasteiger partial charge in [-0.05, 0) is 29.8 Å². The third-order valence-electron chi connectivity index (χ3n) is 3.58. The fourth-order valence-corrected chi connectivity index (χ4v) is 2.70. The Kier molecular flexibility index (Phi) is 5.36. The van der Waals surface area contributed by atoms with Crippen molar-refractivity contribution in [2.45, 2.75) is 13.0 Å². The molecule has 0 aliphatic carbocycles. The lowest BCUT2D eigenvalue weighted by molar-refractivity contribution is -0.115. The number of amides is 1. The normalized spacial score (nSPS) is 10.7. The zero-order valence-corrected chi connectivity index (χ0v) is 14.6. The van der Waals surface area contributed by atoms with Crippen LogP contribution in [-0.4, -0.2) is 15.7 Å². The van der Waals surface area contributed by atoms with Gasteiger partial charge in [-0.3, -0.25) is 9.48 Å². The second-order valence-corrected chi connectivity index (χ2v) is 6.32. The third-order valence-corrected chi connectivity index (χ3v) is 4.18. The molecule has 0 bridgehead atoms. The van der Waals surface area contributed by atoms with Crippen LogP contribution >= 0.6 is 23.2 Å². The summed E-state index contributed by atoms with van der Waals surface area (Å²) in [6.45, 7) is 0.179. The molecular formula is C18H14Cl2FN3O. The molecule has 0 atom stereocenters. The predicted molar refractivity (Wildman–Crippen MR) is 96.5 cm³/mol. The molecule has 0 saturated carbocycles. The minimum Gasteiger partial charge on any atom is -0.323 e. The Labute approximate surface area is 154 Å². The molecule has 0 spiro atoms. The Balaban J connectivity index is 1.63. The van der Waals surface area contributed by atoms with E-state index in [1.165, 1.54) is 16.9 Å². The van der Waals surface area contributed by atoms with Gasteiger partial charge < -0.3 is 5.32 Å². The molecule has 1 N–H and O–H groups in total. The maximum absolute atomic E-state index is 13.8. The summed E-state index contributed by atoms with van der Waals surface area (Å²) in [6.07, 6.45) is 3.36. The van der Waals surface area contributed by atoms with Gasteiger partial charge in [-0.2, -0.15) is 5.10 Å². The number of benzene rings is 2. The summed E-state index contributed by atoms with van der Waals surface area (Å²) in [5.74, 6) is -0.567. The van der Waals surface area contributed by atoms with Crippen molar-refractivity contribution < 1.29 is 9.18 Å². The topological polar surface area (TPSA) is 46.9 Å². The molecule has 0 saturated heterocycles. The maximum atomic E-state index is 13.8. The van der Waals surface area contributed by atoms with E-state index in [0.29, 0.717) is 21.3 Å². The molecule has 0 radical (unpaired) electrons. The van der Waals surface area contributed by atoms with Crippen LogP contribution in [0.15, 0.2) is 54.9 Å². The Bertz CT molecular complexity index is 873. The molecule has 25 heavy (non-hydrogen) atoms. The number of hydrogen-bond acceptors (Lipinski definition) is 2. The van der Waals surface area contributed by atoms with Gasteiger partial charge in [0.1, 0.15) is 5.82 Å². The first-order valence-electron chi connectivity index (χ1n) is 7.51. The first kappa shape index (κ1) is 17.5. The van der Waals surface area contributed by atoms with Gasteiger partial charge >= 0.3 is 0 Å². The minimum atomic E-state index is -0.392. The van der Waals surface area contributed by atoms with Crippen LogP contribution in [0.25, 0.3) is 0 Å². The van der Waals surface area contributed by atoms with Gasteiger partial charge in [0.05, 0.1) is 24.8 Å². The third kappa shape index (κ3) is 4.59. The minimum absolute atomic E-state index is 0.175. The van der Waals surface area contributed by atoms with E-state index in [9.17, 15) is 9.18 Å². The van der Waals surface area contributed by atoms with Crippen molar-refractivity contribution >= 4 is 34.8 Å². The number of hydrogen-bond donors (Lipinski definition) is 1. The summed E-state index contributed by atoms with van der Waals surface area (Å²) in [5, 5.41) is 7.84. The number of carbonyl (C=O) groups excluding carboxylic acids is 1. The molecule has 7 heteroatoms. The summed E-state index contributed by atoms with van der Waals surface area (Å²) >= 11 is 11.8. The summed E-state index contributed by atoms with van der Waals surface area (Å²) < 4.78 is 15.3. The van der Waals surface area contributed by atoms with E-state index in [1.54, 1.807) is 42.6 Å². The van der Waals surface area contributed by atoms with Crippen molar-refractivity contribution in [1.29, 1.82) is 0 Å². The molecule has 0 aliphatic heterocycles. The van der Waals surface area contributed by atoms with E-state index in [4.69, 9.17) is 23.2 Å². The van der Waals surface area contributed by atoms with Crippen molar-refractivity contribution in [3.8, 4) is 0 Å². The van der Waals surface area contributed by atoms with Gasteiger partial charge in [0.2, 0.25) is 5.91 Å². The fourth-order valence-electron chi connectivity index (χ4n) is 2.35. The van der Waals surface area contributed by atoms with Crippen LogP contribution in [-0.2, 0) is 17.8 Å². The number of nitrogens with one attached hydrogen (secondary N) is 1. The molecule has 1 heterocycles. The number of halogens is 3. The fraction of sp³-hybridized carbons (Fsp3) is 0.111. The van der Waals surface area contributed by atoms with Crippen molar-refractivity contribution in [3.05, 3.63) is 81.8 Å². The van der Waals surface area contributed by atoms with Gasteiger partial charge in [-0.1, -0.05) is 41.4 Å². The lowest BCUT2D eigenvalue weighted by atomic mass is 10.1. The van der Waals surface area contributed by atoms with Crippen LogP contribution in [0.5, 0.6) is 0 Å². The second kappa shape index (κ2) is 7.68. The standard InChI is InChI=1S/C18H14Cl2FN3O/c19-13-6-4-12(5-7-13)8-18(25)23-14-9-22-24(10-14)11-15-16(20)2-1-3-17(15)21/h1-7,9-10H,8,11H2,(H,23,25). The molecule has 1 amide bonds. The van der Waals surface area contributed by atoms with E-state index in [2.05, 4.69) is 10.4 Å². The molecule has 3 rings (SSSR count). The van der Waals surface area contributed by atoms with Crippen LogP contribution in [0.2, 0.25) is 10.0 Å². The molecule has 128 valence electrons. The molecule has 4 nitrogen and oxygen atoms in total. The number of carbonyl (C=O) groups is 1. The SMILES string of the molecule is O=C(Cc1ccc(Cl)cc1)Nc1cnn(Cc2c(F)cccc2Cl)c1. The highest BCUT2D eigenvalue weighted by Gasteiger charge is 2.10. The molecule has 0 unspecified atom stereocenters. The highest BCUT2D eigenvalue weighted by molar-refractivity contribution is 6.31.